The smallest absolute Gasteiger partial charge is 0.265 e. The molecule has 2 N–H and O–H groups in total. The zero-order chi connectivity index (χ0) is 19.6. The van der Waals surface area contributed by atoms with E-state index in [-0.39, 0.29) is 4.90 Å². The van der Waals surface area contributed by atoms with Gasteiger partial charge in [0.2, 0.25) is 5.91 Å². The molecule has 1 aliphatic rings. The maximum Gasteiger partial charge on any atom is 0.265 e. The van der Waals surface area contributed by atoms with E-state index in [1.54, 1.807) is 24.3 Å². The molecule has 0 unspecified atom stereocenters. The van der Waals surface area contributed by atoms with Crippen LogP contribution in [0.1, 0.15) is 11.6 Å². The molecule has 1 fully saturated rings. The van der Waals surface area contributed by atoms with E-state index < -0.39 is 46.4 Å². The number of benzene rings is 2. The Labute approximate surface area is 159 Å². The fourth-order valence-electron chi connectivity index (χ4n) is 2.57. The lowest BCUT2D eigenvalue weighted by Gasteiger charge is -2.31. The summed E-state index contributed by atoms with van der Waals surface area (Å²) in [6.07, 6.45) is -1.28. The van der Waals surface area contributed by atoms with Gasteiger partial charge in [0.05, 0.1) is 10.9 Å². The van der Waals surface area contributed by atoms with Gasteiger partial charge in [-0.05, 0) is 42.0 Å². The number of morpholine rings is 1. The number of sulfonamides is 1. The number of nitrogens with one attached hydrogen (secondary N) is 2. The van der Waals surface area contributed by atoms with Crippen LogP contribution in [0.4, 0.5) is 4.39 Å². The van der Waals surface area contributed by atoms with Crippen molar-refractivity contribution >= 4 is 33.4 Å². The topological polar surface area (TPSA) is 102 Å². The Morgan fingerprint density at radius 3 is 2.41 bits per heavy atom. The van der Waals surface area contributed by atoms with Crippen LogP contribution in [-0.2, 0) is 24.3 Å². The van der Waals surface area contributed by atoms with Gasteiger partial charge < -0.3 is 10.1 Å². The molecule has 3 rings (SSSR count). The van der Waals surface area contributed by atoms with Crippen molar-refractivity contribution in [2.45, 2.75) is 17.0 Å². The van der Waals surface area contributed by atoms with Crippen molar-refractivity contribution in [2.75, 3.05) is 6.61 Å². The first-order valence-electron chi connectivity index (χ1n) is 7.75. The van der Waals surface area contributed by atoms with Gasteiger partial charge >= 0.3 is 0 Å². The number of carbonyl (C=O) groups is 2. The number of hydrogen-bond donors (Lipinski definition) is 2. The second-order valence-electron chi connectivity index (χ2n) is 5.75. The zero-order valence-corrected chi connectivity index (χ0v) is 15.3. The first kappa shape index (κ1) is 19.3. The third-order valence-electron chi connectivity index (χ3n) is 3.86. The van der Waals surface area contributed by atoms with Crippen LogP contribution in [-0.4, -0.2) is 32.9 Å². The Hall–Kier alpha value is -2.49. The van der Waals surface area contributed by atoms with Gasteiger partial charge in [0.25, 0.3) is 15.9 Å². The molecule has 2 atom stereocenters. The van der Waals surface area contributed by atoms with Gasteiger partial charge in [-0.3, -0.25) is 9.59 Å². The van der Waals surface area contributed by atoms with Crippen LogP contribution >= 0.6 is 11.6 Å². The second kappa shape index (κ2) is 7.63. The third kappa shape index (κ3) is 4.44. The number of rotatable bonds is 4. The standard InChI is InChI=1S/C17H14ClFN2O5S/c18-11-3-1-10(2-4-11)15-16(26-9-14(22)20-15)17(23)21-27(24,25)13-7-5-12(19)6-8-13/h1-8,15-16H,9H2,(H,20,22)(H,21,23)/t15-,16-/m1/s1. The Kier molecular flexibility index (Phi) is 5.45. The van der Waals surface area contributed by atoms with Crippen LogP contribution < -0.4 is 10.0 Å². The fourth-order valence-corrected chi connectivity index (χ4v) is 3.69. The van der Waals surface area contributed by atoms with Gasteiger partial charge in [0.1, 0.15) is 12.4 Å². The molecule has 1 aliphatic heterocycles. The summed E-state index contributed by atoms with van der Waals surface area (Å²) < 4.78 is 44.8. The van der Waals surface area contributed by atoms with Crippen LogP contribution in [0.3, 0.4) is 0 Å². The predicted octanol–water partition coefficient (Wildman–Crippen LogP) is 1.54. The highest BCUT2D eigenvalue weighted by Crippen LogP contribution is 2.24. The highest BCUT2D eigenvalue weighted by Gasteiger charge is 2.37. The summed E-state index contributed by atoms with van der Waals surface area (Å²) >= 11 is 5.84. The normalized spacial score (nSPS) is 20.0. The maximum atomic E-state index is 13.0. The molecule has 0 bridgehead atoms. The molecule has 7 nitrogen and oxygen atoms in total. The molecule has 10 heteroatoms. The Morgan fingerprint density at radius 2 is 1.78 bits per heavy atom. The van der Waals surface area contributed by atoms with E-state index >= 15 is 0 Å². The summed E-state index contributed by atoms with van der Waals surface area (Å²) in [5, 5.41) is 3.06. The van der Waals surface area contributed by atoms with E-state index in [0.29, 0.717) is 10.6 Å². The van der Waals surface area contributed by atoms with Crippen molar-refractivity contribution in [1.82, 2.24) is 10.0 Å². The molecule has 0 aromatic heterocycles. The van der Waals surface area contributed by atoms with Crippen LogP contribution in [0.5, 0.6) is 0 Å². The fraction of sp³-hybridized carbons (Fsp3) is 0.176. The monoisotopic (exact) mass is 412 g/mol. The van der Waals surface area contributed by atoms with Crippen molar-refractivity contribution < 1.29 is 27.1 Å². The van der Waals surface area contributed by atoms with Crippen molar-refractivity contribution in [2.24, 2.45) is 0 Å². The lowest BCUT2D eigenvalue weighted by Crippen LogP contribution is -2.53. The average molecular weight is 413 g/mol. The summed E-state index contributed by atoms with van der Waals surface area (Å²) in [7, 11) is -4.23. The van der Waals surface area contributed by atoms with Gasteiger partial charge in [0.15, 0.2) is 6.10 Å². The number of carbonyl (C=O) groups excluding carboxylic acids is 2. The molecular formula is C17H14ClFN2O5S. The van der Waals surface area contributed by atoms with E-state index in [9.17, 15) is 22.4 Å². The molecule has 27 heavy (non-hydrogen) atoms. The largest absolute Gasteiger partial charge is 0.356 e. The lowest BCUT2D eigenvalue weighted by molar-refractivity contribution is -0.146. The van der Waals surface area contributed by atoms with E-state index in [2.05, 4.69) is 5.32 Å². The summed E-state index contributed by atoms with van der Waals surface area (Å²) in [6.45, 7) is -0.390. The highest BCUT2D eigenvalue weighted by molar-refractivity contribution is 7.90. The molecule has 2 amide bonds. The minimum Gasteiger partial charge on any atom is -0.356 e. The van der Waals surface area contributed by atoms with Crippen LogP contribution in [0, 0.1) is 5.82 Å². The van der Waals surface area contributed by atoms with E-state index in [4.69, 9.17) is 16.3 Å². The number of ether oxygens (including phenoxy) is 1. The third-order valence-corrected chi connectivity index (χ3v) is 5.47. The molecule has 142 valence electrons. The Morgan fingerprint density at radius 1 is 1.15 bits per heavy atom. The molecule has 0 aliphatic carbocycles. The van der Waals surface area contributed by atoms with E-state index in [1.807, 2.05) is 4.72 Å². The molecule has 2 aromatic rings. The lowest BCUT2D eigenvalue weighted by atomic mass is 9.99. The van der Waals surface area contributed by atoms with Gasteiger partial charge in [0, 0.05) is 5.02 Å². The molecular weight excluding hydrogens is 399 g/mol. The molecule has 0 spiro atoms. The Balaban J connectivity index is 1.83. The van der Waals surface area contributed by atoms with E-state index in [0.717, 1.165) is 24.3 Å². The average Bonchev–Trinajstić information content (AvgIpc) is 2.62. The second-order valence-corrected chi connectivity index (χ2v) is 7.87. The summed E-state index contributed by atoms with van der Waals surface area (Å²) in [5.74, 6) is -2.01. The quantitative estimate of drug-likeness (QED) is 0.793. The zero-order valence-electron chi connectivity index (χ0n) is 13.7. The SMILES string of the molecule is O=C1CO[C@@H](C(=O)NS(=O)(=O)c2ccc(F)cc2)[C@@H](c2ccc(Cl)cc2)N1. The van der Waals surface area contributed by atoms with Gasteiger partial charge in [-0.25, -0.2) is 17.5 Å². The minimum atomic E-state index is -4.23. The molecule has 1 heterocycles. The van der Waals surface area contributed by atoms with Crippen molar-refractivity contribution in [3.05, 3.63) is 64.9 Å². The summed E-state index contributed by atoms with van der Waals surface area (Å²) in [5.41, 5.74) is 0.520. The molecule has 1 saturated heterocycles. The molecule has 2 aromatic carbocycles. The number of amides is 2. The molecule has 0 saturated carbocycles. The first-order valence-corrected chi connectivity index (χ1v) is 9.61. The maximum absolute atomic E-state index is 13.0. The summed E-state index contributed by atoms with van der Waals surface area (Å²) in [6, 6.07) is 9.43. The van der Waals surface area contributed by atoms with Gasteiger partial charge in [-0.2, -0.15) is 0 Å². The molecule has 0 radical (unpaired) electrons. The van der Waals surface area contributed by atoms with Crippen molar-refractivity contribution in [3.8, 4) is 0 Å². The Bertz CT molecular complexity index is 964. The minimum absolute atomic E-state index is 0.278. The van der Waals surface area contributed by atoms with Crippen LogP contribution in [0.2, 0.25) is 5.02 Å². The van der Waals surface area contributed by atoms with Crippen molar-refractivity contribution in [3.63, 3.8) is 0 Å². The highest BCUT2D eigenvalue weighted by atomic mass is 35.5. The number of hydrogen-bond acceptors (Lipinski definition) is 5. The predicted molar refractivity (Wildman–Crippen MR) is 93.8 cm³/mol. The van der Waals surface area contributed by atoms with E-state index in [1.165, 1.54) is 0 Å². The summed E-state index contributed by atoms with van der Waals surface area (Å²) in [4.78, 5) is 23.9. The number of halogens is 2. The van der Waals surface area contributed by atoms with Gasteiger partial charge in [-0.1, -0.05) is 23.7 Å². The van der Waals surface area contributed by atoms with Crippen molar-refractivity contribution in [1.29, 1.82) is 0 Å². The van der Waals surface area contributed by atoms with Crippen LogP contribution in [0.25, 0.3) is 0 Å². The van der Waals surface area contributed by atoms with Crippen LogP contribution in [0.15, 0.2) is 53.4 Å². The first-order chi connectivity index (χ1) is 12.8. The van der Waals surface area contributed by atoms with Gasteiger partial charge in [-0.15, -0.1) is 0 Å².